The number of ether oxygens (including phenoxy) is 1. The van der Waals surface area contributed by atoms with E-state index in [0.717, 1.165) is 0 Å². The van der Waals surface area contributed by atoms with Crippen LogP contribution in [0.1, 0.15) is 28.5 Å². The van der Waals surface area contributed by atoms with Crippen molar-refractivity contribution in [3.05, 3.63) is 65.2 Å². The molecule has 0 aliphatic carbocycles. The number of hydrogen-bond acceptors (Lipinski definition) is 5. The molecule has 2 aromatic heterocycles. The second-order valence-electron chi connectivity index (χ2n) is 7.06. The Hall–Kier alpha value is -3.46. The molecule has 1 aromatic carbocycles. The summed E-state index contributed by atoms with van der Waals surface area (Å²) in [5.41, 5.74) is 0.0503. The second-order valence-corrected chi connectivity index (χ2v) is 7.06. The molecule has 0 aliphatic rings. The zero-order valence-electron chi connectivity index (χ0n) is 16.9. The van der Waals surface area contributed by atoms with E-state index in [2.05, 4.69) is 15.7 Å². The molecule has 0 bridgehead atoms. The fraction of sp³-hybridized carbons (Fsp3) is 0.286. The standard InChI is InChI=1S/C21H23FN4O4/c1-13-18(19(28)24-21(2,12-27)20(29)23-3)17-10-15(8-9-26(17)25-13)30-11-14-6-4-5-7-16(14)22/h4-10,27H,11-12H2,1-3H3,(H,23,29)(H,24,28). The first-order chi connectivity index (χ1) is 14.3. The average molecular weight is 414 g/mol. The molecule has 1 unspecified atom stereocenters. The van der Waals surface area contributed by atoms with E-state index in [-0.39, 0.29) is 18.0 Å². The molecule has 2 amide bonds. The number of aliphatic hydroxyl groups excluding tert-OH is 1. The maximum Gasteiger partial charge on any atom is 0.256 e. The van der Waals surface area contributed by atoms with Crippen LogP contribution >= 0.6 is 0 Å². The molecular formula is C21H23FN4O4. The number of aromatic nitrogens is 2. The van der Waals surface area contributed by atoms with Crippen LogP contribution in [-0.2, 0) is 11.4 Å². The molecule has 0 fully saturated rings. The van der Waals surface area contributed by atoms with E-state index in [9.17, 15) is 19.1 Å². The van der Waals surface area contributed by atoms with Crippen LogP contribution in [0.5, 0.6) is 5.75 Å². The number of aliphatic hydroxyl groups is 1. The molecule has 8 nitrogen and oxygen atoms in total. The lowest BCUT2D eigenvalue weighted by molar-refractivity contribution is -0.127. The molecule has 1 atom stereocenters. The van der Waals surface area contributed by atoms with E-state index in [0.29, 0.717) is 22.5 Å². The van der Waals surface area contributed by atoms with Gasteiger partial charge in [0.05, 0.1) is 23.4 Å². The number of pyridine rings is 1. The first-order valence-electron chi connectivity index (χ1n) is 9.30. The number of carbonyl (C=O) groups is 2. The minimum atomic E-state index is -1.49. The quantitative estimate of drug-likeness (QED) is 0.545. The van der Waals surface area contributed by atoms with Crippen molar-refractivity contribution in [3.8, 4) is 5.75 Å². The molecule has 3 rings (SSSR count). The van der Waals surface area contributed by atoms with Crippen LogP contribution < -0.4 is 15.4 Å². The van der Waals surface area contributed by atoms with Gasteiger partial charge in [0.25, 0.3) is 5.91 Å². The summed E-state index contributed by atoms with van der Waals surface area (Å²) in [5, 5.41) is 18.9. The van der Waals surface area contributed by atoms with Gasteiger partial charge >= 0.3 is 0 Å². The number of hydrogen-bond donors (Lipinski definition) is 3. The van der Waals surface area contributed by atoms with Crippen molar-refractivity contribution in [2.75, 3.05) is 13.7 Å². The SMILES string of the molecule is CNC(=O)C(C)(CO)NC(=O)c1c(C)nn2ccc(OCc3ccccc3F)cc12. The number of aryl methyl sites for hydroxylation is 1. The van der Waals surface area contributed by atoms with Crippen LogP contribution in [0.2, 0.25) is 0 Å². The minimum absolute atomic E-state index is 0.0246. The Kier molecular flexibility index (Phi) is 6.02. The Bertz CT molecular complexity index is 1100. The second kappa shape index (κ2) is 8.50. The summed E-state index contributed by atoms with van der Waals surface area (Å²) in [6.45, 7) is 2.54. The van der Waals surface area contributed by atoms with E-state index >= 15 is 0 Å². The largest absolute Gasteiger partial charge is 0.489 e. The Balaban J connectivity index is 1.89. The van der Waals surface area contributed by atoms with Gasteiger partial charge in [0, 0.05) is 24.9 Å². The predicted octanol–water partition coefficient (Wildman–Crippen LogP) is 1.59. The summed E-state index contributed by atoms with van der Waals surface area (Å²) in [4.78, 5) is 25.0. The van der Waals surface area contributed by atoms with Crippen molar-refractivity contribution in [2.45, 2.75) is 26.0 Å². The van der Waals surface area contributed by atoms with Crippen molar-refractivity contribution < 1.29 is 23.8 Å². The summed E-state index contributed by atoms with van der Waals surface area (Å²) in [5.74, 6) is -1.03. The van der Waals surface area contributed by atoms with E-state index in [1.807, 2.05) is 0 Å². The molecule has 158 valence electrons. The number of rotatable bonds is 7. The van der Waals surface area contributed by atoms with Crippen LogP contribution in [0.4, 0.5) is 4.39 Å². The molecule has 3 aromatic rings. The molecule has 0 spiro atoms. The summed E-state index contributed by atoms with van der Waals surface area (Å²) in [6.07, 6.45) is 1.62. The highest BCUT2D eigenvalue weighted by molar-refractivity contribution is 6.04. The normalized spacial score (nSPS) is 13.0. The van der Waals surface area contributed by atoms with E-state index in [1.54, 1.807) is 43.5 Å². The van der Waals surface area contributed by atoms with Crippen LogP contribution in [0.3, 0.4) is 0 Å². The van der Waals surface area contributed by atoms with Gasteiger partial charge in [0.15, 0.2) is 0 Å². The predicted molar refractivity (Wildman–Crippen MR) is 108 cm³/mol. The maximum absolute atomic E-state index is 13.8. The van der Waals surface area contributed by atoms with Gasteiger partial charge in [0.2, 0.25) is 5.91 Å². The zero-order valence-corrected chi connectivity index (χ0v) is 16.9. The fourth-order valence-electron chi connectivity index (χ4n) is 3.05. The monoisotopic (exact) mass is 414 g/mol. The lowest BCUT2D eigenvalue weighted by Crippen LogP contribution is -2.58. The smallest absolute Gasteiger partial charge is 0.256 e. The number of benzene rings is 1. The van der Waals surface area contributed by atoms with Crippen molar-refractivity contribution in [1.29, 1.82) is 0 Å². The van der Waals surface area contributed by atoms with Gasteiger partial charge in [-0.15, -0.1) is 0 Å². The van der Waals surface area contributed by atoms with Crippen molar-refractivity contribution in [1.82, 2.24) is 20.2 Å². The summed E-state index contributed by atoms with van der Waals surface area (Å²) in [6, 6.07) is 9.58. The first kappa shape index (κ1) is 21.3. The average Bonchev–Trinajstić information content (AvgIpc) is 3.07. The third-order valence-electron chi connectivity index (χ3n) is 4.79. The Labute approximate surface area is 172 Å². The van der Waals surface area contributed by atoms with Gasteiger partial charge in [-0.3, -0.25) is 9.59 Å². The van der Waals surface area contributed by atoms with E-state index < -0.39 is 24.0 Å². The van der Waals surface area contributed by atoms with Gasteiger partial charge in [-0.25, -0.2) is 8.91 Å². The number of nitrogens with zero attached hydrogens (tertiary/aromatic N) is 2. The van der Waals surface area contributed by atoms with E-state index in [4.69, 9.17) is 4.74 Å². The number of likely N-dealkylation sites (N-methyl/N-ethyl adjacent to an activating group) is 1. The number of carbonyl (C=O) groups excluding carboxylic acids is 2. The molecule has 9 heteroatoms. The lowest BCUT2D eigenvalue weighted by atomic mass is 10.0. The minimum Gasteiger partial charge on any atom is -0.489 e. The fourth-order valence-corrected chi connectivity index (χ4v) is 3.05. The van der Waals surface area contributed by atoms with Crippen LogP contribution in [0, 0.1) is 12.7 Å². The van der Waals surface area contributed by atoms with Gasteiger partial charge < -0.3 is 20.5 Å². The summed E-state index contributed by atoms with van der Waals surface area (Å²) in [7, 11) is 1.42. The van der Waals surface area contributed by atoms with Crippen LogP contribution in [-0.4, -0.2) is 45.7 Å². The number of amides is 2. The molecular weight excluding hydrogens is 391 g/mol. The zero-order chi connectivity index (χ0) is 21.9. The highest BCUT2D eigenvalue weighted by Crippen LogP contribution is 2.22. The molecule has 0 aliphatic heterocycles. The Morgan fingerprint density at radius 2 is 2.03 bits per heavy atom. The summed E-state index contributed by atoms with van der Waals surface area (Å²) >= 11 is 0. The number of nitrogens with one attached hydrogen (secondary N) is 2. The van der Waals surface area contributed by atoms with E-state index in [1.165, 1.54) is 24.6 Å². The lowest BCUT2D eigenvalue weighted by Gasteiger charge is -2.26. The molecule has 0 radical (unpaired) electrons. The molecule has 3 N–H and O–H groups in total. The van der Waals surface area contributed by atoms with Crippen molar-refractivity contribution in [3.63, 3.8) is 0 Å². The van der Waals surface area contributed by atoms with Gasteiger partial charge in [-0.1, -0.05) is 18.2 Å². The van der Waals surface area contributed by atoms with Gasteiger partial charge in [-0.2, -0.15) is 5.10 Å². The highest BCUT2D eigenvalue weighted by Gasteiger charge is 2.35. The Morgan fingerprint density at radius 1 is 1.30 bits per heavy atom. The van der Waals surface area contributed by atoms with Gasteiger partial charge in [0.1, 0.15) is 23.7 Å². The van der Waals surface area contributed by atoms with Gasteiger partial charge in [-0.05, 0) is 26.0 Å². The third kappa shape index (κ3) is 4.11. The maximum atomic E-state index is 13.8. The van der Waals surface area contributed by atoms with Crippen LogP contribution in [0.25, 0.3) is 5.52 Å². The molecule has 30 heavy (non-hydrogen) atoms. The molecule has 2 heterocycles. The third-order valence-corrected chi connectivity index (χ3v) is 4.79. The van der Waals surface area contributed by atoms with Crippen LogP contribution in [0.15, 0.2) is 42.6 Å². The Morgan fingerprint density at radius 3 is 2.70 bits per heavy atom. The van der Waals surface area contributed by atoms with Crippen molar-refractivity contribution >= 4 is 17.3 Å². The first-order valence-corrected chi connectivity index (χ1v) is 9.30. The topological polar surface area (TPSA) is 105 Å². The molecule has 0 saturated heterocycles. The number of halogens is 1. The summed E-state index contributed by atoms with van der Waals surface area (Å²) < 4.78 is 21.0. The molecule has 0 saturated carbocycles. The van der Waals surface area contributed by atoms with Crippen molar-refractivity contribution in [2.24, 2.45) is 0 Å². The number of fused-ring (bicyclic) bond motifs is 1. The highest BCUT2D eigenvalue weighted by atomic mass is 19.1.